The van der Waals surface area contributed by atoms with Gasteiger partial charge >= 0.3 is 12.4 Å². The fourth-order valence-corrected chi connectivity index (χ4v) is 1.31. The van der Waals surface area contributed by atoms with E-state index in [0.29, 0.717) is 0 Å². The number of nitrogen functional groups attached to an aromatic ring is 1. The van der Waals surface area contributed by atoms with Gasteiger partial charge in [0, 0.05) is 6.07 Å². The second-order valence-electron chi connectivity index (χ2n) is 3.17. The molecule has 0 saturated heterocycles. The molecule has 0 unspecified atom stereocenters. The van der Waals surface area contributed by atoms with Crippen LogP contribution in [-0.4, -0.2) is 4.92 Å². The summed E-state index contributed by atoms with van der Waals surface area (Å²) in [6.07, 6.45) is -10.8. The number of rotatable bonds is 1. The van der Waals surface area contributed by atoms with Gasteiger partial charge in [-0.25, -0.2) is 0 Å². The summed E-state index contributed by atoms with van der Waals surface area (Å²) >= 11 is 0. The van der Waals surface area contributed by atoms with E-state index in [9.17, 15) is 36.5 Å². The maximum atomic E-state index is 12.5. The van der Waals surface area contributed by atoms with E-state index in [1.807, 2.05) is 0 Å². The van der Waals surface area contributed by atoms with Crippen molar-refractivity contribution in [1.82, 2.24) is 0 Å². The third-order valence-electron chi connectivity index (χ3n) is 2.01. The Labute approximate surface area is 95.1 Å². The van der Waals surface area contributed by atoms with E-state index in [1.54, 1.807) is 0 Å². The molecule has 0 spiro atoms. The molecule has 0 heterocycles. The highest BCUT2D eigenvalue weighted by Gasteiger charge is 2.46. The van der Waals surface area contributed by atoms with Gasteiger partial charge in [0.15, 0.2) is 0 Å². The van der Waals surface area contributed by atoms with Crippen LogP contribution in [0.4, 0.5) is 37.7 Å². The van der Waals surface area contributed by atoms with Crippen LogP contribution in [0.25, 0.3) is 0 Å². The van der Waals surface area contributed by atoms with Gasteiger partial charge in [-0.1, -0.05) is 0 Å². The number of hydrogen-bond acceptors (Lipinski definition) is 3. The SMILES string of the molecule is Nc1c([N+](=O)[O-])ccc(C(F)(F)F)c1C(F)(F)F. The Morgan fingerprint density at radius 1 is 1.06 bits per heavy atom. The van der Waals surface area contributed by atoms with E-state index in [2.05, 4.69) is 0 Å². The van der Waals surface area contributed by atoms with Gasteiger partial charge in [0.05, 0.1) is 16.1 Å². The van der Waals surface area contributed by atoms with Crippen LogP contribution in [0.2, 0.25) is 0 Å². The lowest BCUT2D eigenvalue weighted by molar-refractivity contribution is -0.384. The topological polar surface area (TPSA) is 69.2 Å². The van der Waals surface area contributed by atoms with Gasteiger partial charge in [-0.3, -0.25) is 10.1 Å². The van der Waals surface area contributed by atoms with Crippen LogP contribution >= 0.6 is 0 Å². The molecule has 1 rings (SSSR count). The Kier molecular flexibility index (Phi) is 3.15. The summed E-state index contributed by atoms with van der Waals surface area (Å²) in [4.78, 5) is 9.05. The molecular weight excluding hydrogens is 270 g/mol. The Bertz CT molecular complexity index is 494. The van der Waals surface area contributed by atoms with Crippen LogP contribution < -0.4 is 5.73 Å². The first kappa shape index (κ1) is 14.1. The first-order chi connectivity index (χ1) is 7.96. The average molecular weight is 274 g/mol. The summed E-state index contributed by atoms with van der Waals surface area (Å²) in [6.45, 7) is 0. The summed E-state index contributed by atoms with van der Waals surface area (Å²) in [6, 6.07) is 0.269. The van der Waals surface area contributed by atoms with Crippen LogP contribution in [0.3, 0.4) is 0 Å². The maximum Gasteiger partial charge on any atom is 0.419 e. The minimum Gasteiger partial charge on any atom is -0.393 e. The average Bonchev–Trinajstić information content (AvgIpc) is 2.12. The molecule has 0 fully saturated rings. The Morgan fingerprint density at radius 3 is 1.89 bits per heavy atom. The molecule has 100 valence electrons. The van der Waals surface area contributed by atoms with Gasteiger partial charge in [-0.15, -0.1) is 0 Å². The second kappa shape index (κ2) is 4.03. The molecule has 0 aliphatic heterocycles. The number of nitrogens with two attached hydrogens (primary N) is 1. The molecule has 0 atom stereocenters. The van der Waals surface area contributed by atoms with E-state index < -0.39 is 39.8 Å². The minimum atomic E-state index is -5.44. The maximum absolute atomic E-state index is 12.5. The molecule has 1 aromatic rings. The summed E-state index contributed by atoms with van der Waals surface area (Å²) in [5, 5.41) is 10.3. The third-order valence-corrected chi connectivity index (χ3v) is 2.01. The number of anilines is 1. The fourth-order valence-electron chi connectivity index (χ4n) is 1.31. The van der Waals surface area contributed by atoms with Crippen molar-refractivity contribution in [2.45, 2.75) is 12.4 Å². The van der Waals surface area contributed by atoms with Crippen LogP contribution in [0, 0.1) is 10.1 Å². The number of nitro groups is 1. The molecule has 10 heteroatoms. The number of alkyl halides is 6. The van der Waals surface area contributed by atoms with E-state index in [0.717, 1.165) is 0 Å². The summed E-state index contributed by atoms with van der Waals surface area (Å²) in [5.74, 6) is 0. The third kappa shape index (κ3) is 2.46. The smallest absolute Gasteiger partial charge is 0.393 e. The van der Waals surface area contributed by atoms with E-state index in [1.165, 1.54) is 0 Å². The lowest BCUT2D eigenvalue weighted by atomic mass is 10.0. The van der Waals surface area contributed by atoms with E-state index in [4.69, 9.17) is 5.73 Å². The van der Waals surface area contributed by atoms with Gasteiger partial charge in [0.1, 0.15) is 5.69 Å². The molecule has 0 radical (unpaired) electrons. The van der Waals surface area contributed by atoms with Crippen molar-refractivity contribution in [3.63, 3.8) is 0 Å². The van der Waals surface area contributed by atoms with Crippen molar-refractivity contribution in [3.8, 4) is 0 Å². The second-order valence-corrected chi connectivity index (χ2v) is 3.17. The van der Waals surface area contributed by atoms with E-state index in [-0.39, 0.29) is 12.1 Å². The molecule has 0 aliphatic carbocycles. The Balaban J connectivity index is 3.69. The largest absolute Gasteiger partial charge is 0.419 e. The highest BCUT2D eigenvalue weighted by molar-refractivity contribution is 5.67. The molecular formula is C8H4F6N2O2. The minimum absolute atomic E-state index is 0.0166. The van der Waals surface area contributed by atoms with Gasteiger partial charge in [-0.05, 0) is 6.07 Å². The van der Waals surface area contributed by atoms with Crippen LogP contribution in [0.15, 0.2) is 12.1 Å². The van der Waals surface area contributed by atoms with Crippen molar-refractivity contribution in [2.24, 2.45) is 0 Å². The Morgan fingerprint density at radius 2 is 1.56 bits per heavy atom. The summed E-state index contributed by atoms with van der Waals surface area (Å²) < 4.78 is 74.5. The number of nitrogens with zero attached hydrogens (tertiary/aromatic N) is 1. The number of benzene rings is 1. The van der Waals surface area contributed by atoms with Crippen LogP contribution in [-0.2, 0) is 12.4 Å². The summed E-state index contributed by atoms with van der Waals surface area (Å²) in [7, 11) is 0. The standard InChI is InChI=1S/C8H4F6N2O2/c9-7(10,11)3-1-2-4(16(17)18)6(15)5(3)8(12,13)14/h1-2H,15H2. The zero-order valence-electron chi connectivity index (χ0n) is 8.26. The molecule has 0 saturated carbocycles. The lowest BCUT2D eigenvalue weighted by Gasteiger charge is -2.17. The molecule has 2 N–H and O–H groups in total. The molecule has 0 bridgehead atoms. The van der Waals surface area contributed by atoms with Crippen LogP contribution in [0.1, 0.15) is 11.1 Å². The van der Waals surface area contributed by atoms with Gasteiger partial charge < -0.3 is 5.73 Å². The molecule has 0 aromatic heterocycles. The normalized spacial score (nSPS) is 12.6. The summed E-state index contributed by atoms with van der Waals surface area (Å²) in [5.41, 5.74) is -2.28. The van der Waals surface area contributed by atoms with Gasteiger partial charge in [-0.2, -0.15) is 26.3 Å². The van der Waals surface area contributed by atoms with Crippen molar-refractivity contribution < 1.29 is 31.3 Å². The Hall–Kier alpha value is -2.00. The zero-order chi connectivity index (χ0) is 14.3. The lowest BCUT2D eigenvalue weighted by Crippen LogP contribution is -2.19. The first-order valence-electron chi connectivity index (χ1n) is 4.17. The van der Waals surface area contributed by atoms with Crippen molar-refractivity contribution in [3.05, 3.63) is 33.4 Å². The molecule has 0 amide bonds. The van der Waals surface area contributed by atoms with Gasteiger partial charge in [0.25, 0.3) is 5.69 Å². The molecule has 4 nitrogen and oxygen atoms in total. The fraction of sp³-hybridized carbons (Fsp3) is 0.250. The van der Waals surface area contributed by atoms with Crippen LogP contribution in [0.5, 0.6) is 0 Å². The number of hydrogen-bond donors (Lipinski definition) is 1. The quantitative estimate of drug-likeness (QED) is 0.370. The van der Waals surface area contributed by atoms with E-state index >= 15 is 0 Å². The molecule has 18 heavy (non-hydrogen) atoms. The first-order valence-corrected chi connectivity index (χ1v) is 4.17. The number of nitro benzene ring substituents is 1. The van der Waals surface area contributed by atoms with Crippen molar-refractivity contribution in [2.75, 3.05) is 5.73 Å². The highest BCUT2D eigenvalue weighted by Crippen LogP contribution is 2.45. The highest BCUT2D eigenvalue weighted by atomic mass is 19.4. The zero-order valence-corrected chi connectivity index (χ0v) is 8.26. The molecule has 0 aliphatic rings. The van der Waals surface area contributed by atoms with Gasteiger partial charge in [0.2, 0.25) is 0 Å². The number of halogens is 6. The predicted octanol–water partition coefficient (Wildman–Crippen LogP) is 3.21. The van der Waals surface area contributed by atoms with Crippen molar-refractivity contribution in [1.29, 1.82) is 0 Å². The monoisotopic (exact) mass is 274 g/mol. The molecule has 1 aromatic carbocycles. The van der Waals surface area contributed by atoms with Crippen molar-refractivity contribution >= 4 is 11.4 Å². The predicted molar refractivity (Wildman–Crippen MR) is 47.5 cm³/mol.